The number of rotatable bonds is 1. The molecular formula is C12H11BrINO. The lowest BCUT2D eigenvalue weighted by molar-refractivity contribution is 0.0770. The van der Waals surface area contributed by atoms with E-state index in [0.717, 1.165) is 33.1 Å². The summed E-state index contributed by atoms with van der Waals surface area (Å²) in [6, 6.07) is 5.80. The molecule has 0 aliphatic carbocycles. The van der Waals surface area contributed by atoms with Crippen molar-refractivity contribution in [3.05, 3.63) is 44.0 Å². The lowest BCUT2D eigenvalue weighted by Crippen LogP contribution is -2.34. The van der Waals surface area contributed by atoms with Gasteiger partial charge in [0.05, 0.1) is 5.56 Å². The van der Waals surface area contributed by atoms with Gasteiger partial charge in [0.25, 0.3) is 5.91 Å². The van der Waals surface area contributed by atoms with Crippen molar-refractivity contribution in [3.8, 4) is 0 Å². The van der Waals surface area contributed by atoms with E-state index in [2.05, 4.69) is 44.6 Å². The summed E-state index contributed by atoms with van der Waals surface area (Å²) in [5, 5.41) is 0. The van der Waals surface area contributed by atoms with Crippen LogP contribution < -0.4 is 0 Å². The van der Waals surface area contributed by atoms with Gasteiger partial charge in [-0.2, -0.15) is 0 Å². The zero-order valence-corrected chi connectivity index (χ0v) is 12.4. The van der Waals surface area contributed by atoms with Crippen LogP contribution in [0, 0.1) is 3.57 Å². The van der Waals surface area contributed by atoms with Crippen molar-refractivity contribution in [2.75, 3.05) is 13.1 Å². The first kappa shape index (κ1) is 12.1. The van der Waals surface area contributed by atoms with E-state index in [1.54, 1.807) is 0 Å². The molecule has 4 heteroatoms. The van der Waals surface area contributed by atoms with E-state index in [1.165, 1.54) is 0 Å². The highest BCUT2D eigenvalue weighted by atomic mass is 127. The zero-order chi connectivity index (χ0) is 11.5. The minimum Gasteiger partial charge on any atom is -0.335 e. The van der Waals surface area contributed by atoms with Crippen LogP contribution in [0.15, 0.2) is 34.8 Å². The normalized spacial score (nSPS) is 15.2. The molecule has 0 spiro atoms. The van der Waals surface area contributed by atoms with Gasteiger partial charge in [0.15, 0.2) is 0 Å². The van der Waals surface area contributed by atoms with E-state index in [-0.39, 0.29) is 5.91 Å². The number of nitrogens with zero attached hydrogens (tertiary/aromatic N) is 1. The maximum absolute atomic E-state index is 12.2. The predicted octanol–water partition coefficient (Wildman–Crippen LogP) is 3.46. The quantitative estimate of drug-likeness (QED) is 0.530. The number of carbonyl (C=O) groups is 1. The smallest absolute Gasteiger partial charge is 0.255 e. The molecular weight excluding hydrogens is 381 g/mol. The molecule has 0 fully saturated rings. The molecule has 0 saturated heterocycles. The van der Waals surface area contributed by atoms with Crippen LogP contribution in [-0.4, -0.2) is 23.9 Å². The SMILES string of the molecule is O=C(c1cc(Br)ccc1I)N1CC=CCC1. The molecule has 1 heterocycles. The minimum absolute atomic E-state index is 0.120. The summed E-state index contributed by atoms with van der Waals surface area (Å²) in [7, 11) is 0. The van der Waals surface area contributed by atoms with Crippen molar-refractivity contribution >= 4 is 44.4 Å². The van der Waals surface area contributed by atoms with Gasteiger partial charge in [0, 0.05) is 21.1 Å². The number of amides is 1. The summed E-state index contributed by atoms with van der Waals surface area (Å²) < 4.78 is 1.95. The molecule has 1 aliphatic rings. The highest BCUT2D eigenvalue weighted by Crippen LogP contribution is 2.20. The second-order valence-electron chi connectivity index (χ2n) is 3.64. The van der Waals surface area contributed by atoms with Crippen LogP contribution in [-0.2, 0) is 0 Å². The summed E-state index contributed by atoms with van der Waals surface area (Å²) in [6.07, 6.45) is 5.12. The molecule has 84 valence electrons. The third kappa shape index (κ3) is 2.66. The van der Waals surface area contributed by atoms with Gasteiger partial charge in [-0.05, 0) is 47.2 Å². The Hall–Kier alpha value is -0.360. The first-order valence-electron chi connectivity index (χ1n) is 5.08. The monoisotopic (exact) mass is 391 g/mol. The van der Waals surface area contributed by atoms with Gasteiger partial charge in [0.1, 0.15) is 0 Å². The van der Waals surface area contributed by atoms with E-state index in [9.17, 15) is 4.79 Å². The number of hydrogen-bond acceptors (Lipinski definition) is 1. The van der Waals surface area contributed by atoms with Gasteiger partial charge in [-0.1, -0.05) is 28.1 Å². The average Bonchev–Trinajstić information content (AvgIpc) is 2.32. The summed E-state index contributed by atoms with van der Waals surface area (Å²) in [4.78, 5) is 14.1. The number of benzene rings is 1. The molecule has 0 saturated carbocycles. The highest BCUT2D eigenvalue weighted by Gasteiger charge is 2.18. The lowest BCUT2D eigenvalue weighted by atomic mass is 10.1. The molecule has 1 aromatic carbocycles. The molecule has 0 bridgehead atoms. The topological polar surface area (TPSA) is 20.3 Å². The molecule has 2 nitrogen and oxygen atoms in total. The minimum atomic E-state index is 0.120. The molecule has 0 atom stereocenters. The Morgan fingerprint density at radius 3 is 2.88 bits per heavy atom. The second kappa shape index (κ2) is 5.31. The summed E-state index contributed by atoms with van der Waals surface area (Å²) in [5.74, 6) is 0.120. The van der Waals surface area contributed by atoms with E-state index < -0.39 is 0 Å². The number of carbonyl (C=O) groups excluding carboxylic acids is 1. The lowest BCUT2D eigenvalue weighted by Gasteiger charge is -2.23. The summed E-state index contributed by atoms with van der Waals surface area (Å²) in [6.45, 7) is 1.54. The van der Waals surface area contributed by atoms with Gasteiger partial charge in [-0.25, -0.2) is 0 Å². The van der Waals surface area contributed by atoms with Crippen LogP contribution in [0.4, 0.5) is 0 Å². The molecule has 0 unspecified atom stereocenters. The van der Waals surface area contributed by atoms with Crippen LogP contribution in [0.25, 0.3) is 0 Å². The van der Waals surface area contributed by atoms with Gasteiger partial charge in [-0.3, -0.25) is 4.79 Å². The Kier molecular flexibility index (Phi) is 4.02. The molecule has 1 aromatic rings. The maximum Gasteiger partial charge on any atom is 0.255 e. The molecule has 1 aliphatic heterocycles. The van der Waals surface area contributed by atoms with E-state index in [4.69, 9.17) is 0 Å². The molecule has 0 aromatic heterocycles. The van der Waals surface area contributed by atoms with Crippen LogP contribution in [0.5, 0.6) is 0 Å². The summed E-state index contributed by atoms with van der Waals surface area (Å²) >= 11 is 5.60. The summed E-state index contributed by atoms with van der Waals surface area (Å²) in [5.41, 5.74) is 0.783. The van der Waals surface area contributed by atoms with Gasteiger partial charge in [0.2, 0.25) is 0 Å². The largest absolute Gasteiger partial charge is 0.335 e. The molecule has 2 rings (SSSR count). The van der Waals surface area contributed by atoms with E-state index in [1.807, 2.05) is 29.2 Å². The second-order valence-corrected chi connectivity index (χ2v) is 5.71. The van der Waals surface area contributed by atoms with Crippen LogP contribution in [0.1, 0.15) is 16.8 Å². The van der Waals surface area contributed by atoms with Crippen molar-refractivity contribution in [1.82, 2.24) is 4.90 Å². The first-order valence-corrected chi connectivity index (χ1v) is 6.95. The fourth-order valence-electron chi connectivity index (χ4n) is 1.66. The van der Waals surface area contributed by atoms with Gasteiger partial charge < -0.3 is 4.90 Å². The zero-order valence-electron chi connectivity index (χ0n) is 8.62. The Labute approximate surface area is 117 Å². The fraction of sp³-hybridized carbons (Fsp3) is 0.250. The Morgan fingerprint density at radius 2 is 2.19 bits per heavy atom. The van der Waals surface area contributed by atoms with Crippen molar-refractivity contribution < 1.29 is 4.79 Å². The molecule has 16 heavy (non-hydrogen) atoms. The third-order valence-corrected chi connectivity index (χ3v) is 3.94. The van der Waals surface area contributed by atoms with Crippen molar-refractivity contribution in [1.29, 1.82) is 0 Å². The van der Waals surface area contributed by atoms with Crippen molar-refractivity contribution in [3.63, 3.8) is 0 Å². The van der Waals surface area contributed by atoms with Crippen molar-refractivity contribution in [2.24, 2.45) is 0 Å². The van der Waals surface area contributed by atoms with Crippen LogP contribution in [0.2, 0.25) is 0 Å². The average molecular weight is 392 g/mol. The Bertz CT molecular complexity index is 445. The molecule has 0 radical (unpaired) electrons. The Morgan fingerprint density at radius 1 is 1.38 bits per heavy atom. The third-order valence-electron chi connectivity index (χ3n) is 2.50. The van der Waals surface area contributed by atoms with Crippen molar-refractivity contribution in [2.45, 2.75) is 6.42 Å². The maximum atomic E-state index is 12.2. The fourth-order valence-corrected chi connectivity index (χ4v) is 2.58. The van der Waals surface area contributed by atoms with E-state index in [0.29, 0.717) is 0 Å². The van der Waals surface area contributed by atoms with Gasteiger partial charge >= 0.3 is 0 Å². The predicted molar refractivity (Wildman–Crippen MR) is 76.5 cm³/mol. The van der Waals surface area contributed by atoms with Crippen LogP contribution in [0.3, 0.4) is 0 Å². The molecule has 0 N–H and O–H groups in total. The number of halogens is 2. The molecule has 1 amide bonds. The van der Waals surface area contributed by atoms with Gasteiger partial charge in [-0.15, -0.1) is 0 Å². The number of hydrogen-bond donors (Lipinski definition) is 0. The Balaban J connectivity index is 2.26. The van der Waals surface area contributed by atoms with Crippen LogP contribution >= 0.6 is 38.5 Å². The standard InChI is InChI=1S/C12H11BrINO/c13-9-4-5-11(14)10(8-9)12(16)15-6-2-1-3-7-15/h1-2,4-5,8H,3,6-7H2. The van der Waals surface area contributed by atoms with E-state index >= 15 is 0 Å². The highest BCUT2D eigenvalue weighted by molar-refractivity contribution is 14.1. The first-order chi connectivity index (χ1) is 7.68.